The van der Waals surface area contributed by atoms with E-state index >= 15 is 0 Å². The lowest BCUT2D eigenvalue weighted by atomic mass is 10.0. The molecule has 0 unspecified atom stereocenters. The fourth-order valence-electron chi connectivity index (χ4n) is 2.39. The number of carbonyl (C=O) groups excluding carboxylic acids is 2. The highest BCUT2D eigenvalue weighted by molar-refractivity contribution is 5.92. The van der Waals surface area contributed by atoms with Crippen molar-refractivity contribution in [3.8, 4) is 0 Å². The maximum absolute atomic E-state index is 12.1. The van der Waals surface area contributed by atoms with Gasteiger partial charge in [-0.3, -0.25) is 4.79 Å². The van der Waals surface area contributed by atoms with Crippen LogP contribution in [0.25, 0.3) is 0 Å². The van der Waals surface area contributed by atoms with Gasteiger partial charge in [-0.05, 0) is 58.0 Å². The SMILES string of the molecule is CC(C)(C)OC(=O)N[C@H](CN1CCC1)c1ccc(C(N)=O)cc1. The summed E-state index contributed by atoms with van der Waals surface area (Å²) in [4.78, 5) is 25.5. The molecule has 23 heavy (non-hydrogen) atoms. The molecule has 2 amide bonds. The van der Waals surface area contributed by atoms with Crippen molar-refractivity contribution in [2.24, 2.45) is 5.73 Å². The standard InChI is InChI=1S/C17H25N3O3/c1-17(2,3)23-16(22)19-14(11-20-9-4-10-20)12-5-7-13(8-6-12)15(18)21/h5-8,14H,4,9-11H2,1-3H3,(H2,18,21)(H,19,22)/t14-/m1/s1. The monoisotopic (exact) mass is 319 g/mol. The van der Waals surface area contributed by atoms with Crippen molar-refractivity contribution in [2.45, 2.75) is 38.8 Å². The Morgan fingerprint density at radius 3 is 2.30 bits per heavy atom. The Morgan fingerprint density at radius 2 is 1.87 bits per heavy atom. The van der Waals surface area contributed by atoms with Crippen LogP contribution in [0.5, 0.6) is 0 Å². The van der Waals surface area contributed by atoms with Crippen LogP contribution < -0.4 is 11.1 Å². The quantitative estimate of drug-likeness (QED) is 0.870. The minimum Gasteiger partial charge on any atom is -0.444 e. The van der Waals surface area contributed by atoms with Gasteiger partial charge in [0.05, 0.1) is 6.04 Å². The first kappa shape index (κ1) is 17.3. The Hall–Kier alpha value is -2.08. The molecule has 1 aliphatic heterocycles. The maximum Gasteiger partial charge on any atom is 0.408 e. The summed E-state index contributed by atoms with van der Waals surface area (Å²) < 4.78 is 5.34. The van der Waals surface area contributed by atoms with Crippen molar-refractivity contribution < 1.29 is 14.3 Å². The van der Waals surface area contributed by atoms with Gasteiger partial charge in [0, 0.05) is 12.1 Å². The van der Waals surface area contributed by atoms with Crippen molar-refractivity contribution in [1.82, 2.24) is 10.2 Å². The summed E-state index contributed by atoms with van der Waals surface area (Å²) in [7, 11) is 0. The van der Waals surface area contributed by atoms with Crippen LogP contribution in [0.1, 0.15) is 49.2 Å². The molecule has 0 spiro atoms. The largest absolute Gasteiger partial charge is 0.444 e. The number of primary amides is 1. The molecule has 1 atom stereocenters. The molecule has 0 saturated carbocycles. The Balaban J connectivity index is 2.09. The van der Waals surface area contributed by atoms with Crippen molar-refractivity contribution in [3.05, 3.63) is 35.4 Å². The number of benzene rings is 1. The van der Waals surface area contributed by atoms with E-state index in [0.717, 1.165) is 25.2 Å². The lowest BCUT2D eigenvalue weighted by Gasteiger charge is -2.34. The van der Waals surface area contributed by atoms with Crippen LogP contribution in [0, 0.1) is 0 Å². The summed E-state index contributed by atoms with van der Waals surface area (Å²) in [6.07, 6.45) is 0.738. The van der Waals surface area contributed by atoms with Gasteiger partial charge in [0.15, 0.2) is 0 Å². The molecule has 1 aliphatic rings. The summed E-state index contributed by atoms with van der Waals surface area (Å²) in [5.74, 6) is -0.462. The number of nitrogens with two attached hydrogens (primary N) is 1. The van der Waals surface area contributed by atoms with Gasteiger partial charge in [-0.15, -0.1) is 0 Å². The van der Waals surface area contributed by atoms with Crippen LogP contribution in [0.3, 0.4) is 0 Å². The minimum atomic E-state index is -0.540. The lowest BCUT2D eigenvalue weighted by molar-refractivity contribution is 0.0478. The zero-order chi connectivity index (χ0) is 17.0. The van der Waals surface area contributed by atoms with E-state index in [9.17, 15) is 9.59 Å². The second-order valence-corrected chi connectivity index (χ2v) is 6.84. The third-order valence-electron chi connectivity index (χ3n) is 3.68. The second-order valence-electron chi connectivity index (χ2n) is 6.84. The highest BCUT2D eigenvalue weighted by atomic mass is 16.6. The number of hydrogen-bond donors (Lipinski definition) is 2. The number of nitrogens with zero attached hydrogens (tertiary/aromatic N) is 1. The van der Waals surface area contributed by atoms with Gasteiger partial charge in [0.2, 0.25) is 5.91 Å². The van der Waals surface area contributed by atoms with E-state index in [4.69, 9.17) is 10.5 Å². The van der Waals surface area contributed by atoms with Crippen molar-refractivity contribution in [3.63, 3.8) is 0 Å². The first-order valence-electron chi connectivity index (χ1n) is 7.86. The number of hydrogen-bond acceptors (Lipinski definition) is 4. The summed E-state index contributed by atoms with van der Waals surface area (Å²) in [6, 6.07) is 6.81. The number of nitrogens with one attached hydrogen (secondary N) is 1. The van der Waals surface area contributed by atoms with E-state index in [0.29, 0.717) is 5.56 Å². The van der Waals surface area contributed by atoms with Crippen LogP contribution in [-0.4, -0.2) is 42.1 Å². The van der Waals surface area contributed by atoms with Crippen LogP contribution in [0.2, 0.25) is 0 Å². The highest BCUT2D eigenvalue weighted by Gasteiger charge is 2.24. The third kappa shape index (κ3) is 5.25. The van der Waals surface area contributed by atoms with Gasteiger partial charge in [-0.1, -0.05) is 12.1 Å². The van der Waals surface area contributed by atoms with Gasteiger partial charge in [0.25, 0.3) is 0 Å². The molecule has 1 fully saturated rings. The van der Waals surface area contributed by atoms with Crippen molar-refractivity contribution >= 4 is 12.0 Å². The van der Waals surface area contributed by atoms with Crippen molar-refractivity contribution in [2.75, 3.05) is 19.6 Å². The number of rotatable bonds is 5. The third-order valence-corrected chi connectivity index (χ3v) is 3.68. The number of amides is 2. The molecule has 126 valence electrons. The van der Waals surface area contributed by atoms with Gasteiger partial charge in [-0.25, -0.2) is 4.79 Å². The highest BCUT2D eigenvalue weighted by Crippen LogP contribution is 2.19. The second kappa shape index (κ2) is 7.00. The van der Waals surface area contributed by atoms with Crippen LogP contribution in [-0.2, 0) is 4.74 Å². The Labute approximate surface area is 137 Å². The Morgan fingerprint density at radius 1 is 1.26 bits per heavy atom. The van der Waals surface area contributed by atoms with Gasteiger partial charge in [-0.2, -0.15) is 0 Å². The van der Waals surface area contributed by atoms with E-state index in [1.165, 1.54) is 6.42 Å². The molecule has 0 bridgehead atoms. The van der Waals surface area contributed by atoms with E-state index in [1.54, 1.807) is 12.1 Å². The zero-order valence-electron chi connectivity index (χ0n) is 14.0. The summed E-state index contributed by atoms with van der Waals surface area (Å²) in [5.41, 5.74) is 6.10. The van der Waals surface area contributed by atoms with Gasteiger partial charge >= 0.3 is 6.09 Å². The fraction of sp³-hybridized carbons (Fsp3) is 0.529. The number of alkyl carbamates (subject to hydrolysis) is 1. The van der Waals surface area contributed by atoms with Crippen LogP contribution in [0.4, 0.5) is 4.79 Å². The van der Waals surface area contributed by atoms with Crippen LogP contribution in [0.15, 0.2) is 24.3 Å². The summed E-state index contributed by atoms with van der Waals surface area (Å²) in [5, 5.41) is 2.92. The topological polar surface area (TPSA) is 84.7 Å². The molecule has 3 N–H and O–H groups in total. The van der Waals surface area contributed by atoms with E-state index < -0.39 is 17.6 Å². The smallest absolute Gasteiger partial charge is 0.408 e. The molecule has 6 heteroatoms. The normalized spacial score (nSPS) is 16.3. The van der Waals surface area contributed by atoms with Crippen LogP contribution >= 0.6 is 0 Å². The number of ether oxygens (including phenoxy) is 1. The number of carbonyl (C=O) groups is 2. The molecule has 1 saturated heterocycles. The first-order valence-corrected chi connectivity index (χ1v) is 7.86. The summed E-state index contributed by atoms with van der Waals surface area (Å²) in [6.45, 7) is 8.28. The molecule has 6 nitrogen and oxygen atoms in total. The van der Waals surface area contributed by atoms with Gasteiger partial charge < -0.3 is 20.7 Å². The molecule has 0 aromatic heterocycles. The molecule has 2 rings (SSSR count). The van der Waals surface area contributed by atoms with Gasteiger partial charge in [0.1, 0.15) is 5.60 Å². The first-order chi connectivity index (χ1) is 10.7. The predicted octanol–water partition coefficient (Wildman–Crippen LogP) is 2.06. The van der Waals surface area contributed by atoms with E-state index in [1.807, 2.05) is 32.9 Å². The number of likely N-dealkylation sites (tertiary alicyclic amines) is 1. The molecule has 0 radical (unpaired) electrons. The molecular formula is C17H25N3O3. The molecule has 1 aromatic carbocycles. The molecular weight excluding hydrogens is 294 g/mol. The minimum absolute atomic E-state index is 0.188. The van der Waals surface area contributed by atoms with E-state index in [2.05, 4.69) is 10.2 Å². The van der Waals surface area contributed by atoms with Crippen molar-refractivity contribution in [1.29, 1.82) is 0 Å². The molecule has 1 heterocycles. The molecule has 1 aromatic rings. The fourth-order valence-corrected chi connectivity index (χ4v) is 2.39. The zero-order valence-corrected chi connectivity index (χ0v) is 14.0. The predicted molar refractivity (Wildman–Crippen MR) is 88.1 cm³/mol. The average molecular weight is 319 g/mol. The maximum atomic E-state index is 12.1. The summed E-state index contributed by atoms with van der Waals surface area (Å²) >= 11 is 0. The Bertz CT molecular complexity index is 559. The molecule has 0 aliphatic carbocycles. The lowest BCUT2D eigenvalue weighted by Crippen LogP contribution is -2.45. The Kier molecular flexibility index (Phi) is 5.26. The average Bonchev–Trinajstić information content (AvgIpc) is 2.39. The van der Waals surface area contributed by atoms with E-state index in [-0.39, 0.29) is 6.04 Å².